The summed E-state index contributed by atoms with van der Waals surface area (Å²) in [7, 11) is 0. The first kappa shape index (κ1) is 13.7. The second-order valence-corrected chi connectivity index (χ2v) is 6.31. The molecule has 1 heterocycles. The molecular weight excluding hydrogens is 248 g/mol. The van der Waals surface area contributed by atoms with Gasteiger partial charge in [0.2, 0.25) is 0 Å². The van der Waals surface area contributed by atoms with E-state index in [9.17, 15) is 5.11 Å². The van der Waals surface area contributed by atoms with Gasteiger partial charge < -0.3 is 10.0 Å². The monoisotopic (exact) mass is 274 g/mol. The molecule has 20 heavy (non-hydrogen) atoms. The first-order valence-electron chi connectivity index (χ1n) is 8.07. The third kappa shape index (κ3) is 3.45. The minimum Gasteiger partial charge on any atom is -0.508 e. The van der Waals surface area contributed by atoms with Gasteiger partial charge >= 0.3 is 0 Å². The van der Waals surface area contributed by atoms with Gasteiger partial charge in [0.15, 0.2) is 0 Å². The van der Waals surface area contributed by atoms with Gasteiger partial charge in [-0.05, 0) is 43.0 Å². The smallest absolute Gasteiger partial charge is 0.115 e. The fourth-order valence-electron chi connectivity index (χ4n) is 3.59. The molecule has 0 amide bonds. The van der Waals surface area contributed by atoms with E-state index in [2.05, 4.69) is 9.80 Å². The van der Waals surface area contributed by atoms with Crippen LogP contribution in [0.15, 0.2) is 24.3 Å². The number of benzene rings is 1. The third-order valence-corrected chi connectivity index (χ3v) is 4.83. The Morgan fingerprint density at radius 3 is 2.20 bits per heavy atom. The molecule has 2 aliphatic rings. The average molecular weight is 274 g/mol. The van der Waals surface area contributed by atoms with E-state index < -0.39 is 0 Å². The van der Waals surface area contributed by atoms with Crippen LogP contribution in [0.3, 0.4) is 0 Å². The lowest BCUT2D eigenvalue weighted by Gasteiger charge is -2.38. The van der Waals surface area contributed by atoms with E-state index in [0.717, 1.165) is 19.0 Å². The molecule has 0 unspecified atom stereocenters. The number of nitrogens with zero attached hydrogens (tertiary/aromatic N) is 2. The molecule has 0 aromatic heterocycles. The van der Waals surface area contributed by atoms with E-state index in [1.165, 1.54) is 57.4 Å². The molecule has 0 bridgehead atoms. The largest absolute Gasteiger partial charge is 0.508 e. The molecule has 1 aromatic carbocycles. The van der Waals surface area contributed by atoms with E-state index in [-0.39, 0.29) is 0 Å². The molecule has 1 aromatic rings. The Labute approximate surface area is 122 Å². The van der Waals surface area contributed by atoms with Crippen LogP contribution in [-0.2, 0) is 0 Å². The summed E-state index contributed by atoms with van der Waals surface area (Å²) < 4.78 is 0. The number of phenolic OH excluding ortho intramolecular Hbond substituents is 1. The van der Waals surface area contributed by atoms with Gasteiger partial charge in [0.25, 0.3) is 0 Å². The number of hydrogen-bond donors (Lipinski definition) is 1. The van der Waals surface area contributed by atoms with Crippen LogP contribution in [0, 0.1) is 5.92 Å². The highest BCUT2D eigenvalue weighted by molar-refractivity contribution is 5.49. The molecular formula is C17H26N2O. The van der Waals surface area contributed by atoms with Gasteiger partial charge in [-0.2, -0.15) is 0 Å². The number of piperazine rings is 1. The molecule has 0 spiro atoms. The molecule has 0 atom stereocenters. The van der Waals surface area contributed by atoms with Crippen LogP contribution in [0.25, 0.3) is 0 Å². The molecule has 0 radical (unpaired) electrons. The summed E-state index contributed by atoms with van der Waals surface area (Å²) >= 11 is 0. The quantitative estimate of drug-likeness (QED) is 0.917. The van der Waals surface area contributed by atoms with Gasteiger partial charge in [0.05, 0.1) is 0 Å². The molecule has 3 nitrogen and oxygen atoms in total. The van der Waals surface area contributed by atoms with Gasteiger partial charge in [0.1, 0.15) is 5.75 Å². The maximum Gasteiger partial charge on any atom is 0.115 e. The molecule has 2 fully saturated rings. The zero-order valence-corrected chi connectivity index (χ0v) is 12.3. The van der Waals surface area contributed by atoms with E-state index in [1.807, 2.05) is 12.1 Å². The van der Waals surface area contributed by atoms with Crippen LogP contribution >= 0.6 is 0 Å². The van der Waals surface area contributed by atoms with E-state index in [1.54, 1.807) is 12.1 Å². The highest BCUT2D eigenvalue weighted by Crippen LogP contribution is 2.25. The van der Waals surface area contributed by atoms with Crippen LogP contribution < -0.4 is 4.90 Å². The minimum atomic E-state index is 0.352. The summed E-state index contributed by atoms with van der Waals surface area (Å²) in [4.78, 5) is 5.07. The summed E-state index contributed by atoms with van der Waals surface area (Å²) in [6.45, 7) is 5.88. The minimum absolute atomic E-state index is 0.352. The fourth-order valence-corrected chi connectivity index (χ4v) is 3.59. The van der Waals surface area contributed by atoms with Gasteiger partial charge in [0, 0.05) is 38.4 Å². The molecule has 1 saturated heterocycles. The number of anilines is 1. The first-order chi connectivity index (χ1) is 9.81. The standard InChI is InChI=1S/C17H26N2O/c20-17-8-6-16(7-9-17)19-12-10-18(11-13-19)14-15-4-2-1-3-5-15/h6-9,15,20H,1-5,10-14H2. The Bertz CT molecular complexity index is 404. The molecule has 3 heteroatoms. The zero-order valence-electron chi connectivity index (χ0n) is 12.3. The van der Waals surface area contributed by atoms with Crippen molar-refractivity contribution in [3.63, 3.8) is 0 Å². The Hall–Kier alpha value is -1.22. The lowest BCUT2D eigenvalue weighted by Crippen LogP contribution is -2.48. The maximum absolute atomic E-state index is 9.35. The predicted octanol–water partition coefficient (Wildman–Crippen LogP) is 3.09. The summed E-state index contributed by atoms with van der Waals surface area (Å²) in [6.07, 6.45) is 7.22. The van der Waals surface area contributed by atoms with Gasteiger partial charge in [-0.3, -0.25) is 4.90 Å². The molecule has 110 valence electrons. The van der Waals surface area contributed by atoms with Crippen LogP contribution in [0.5, 0.6) is 5.75 Å². The lowest BCUT2D eigenvalue weighted by atomic mass is 9.89. The SMILES string of the molecule is Oc1ccc(N2CCN(CC3CCCCC3)CC2)cc1. The van der Waals surface area contributed by atoms with Crippen molar-refractivity contribution in [2.45, 2.75) is 32.1 Å². The summed E-state index contributed by atoms with van der Waals surface area (Å²) in [6, 6.07) is 7.60. The van der Waals surface area contributed by atoms with Crippen LogP contribution in [0.2, 0.25) is 0 Å². The zero-order chi connectivity index (χ0) is 13.8. The third-order valence-electron chi connectivity index (χ3n) is 4.83. The average Bonchev–Trinajstić information content (AvgIpc) is 2.50. The second-order valence-electron chi connectivity index (χ2n) is 6.31. The lowest BCUT2D eigenvalue weighted by molar-refractivity contribution is 0.192. The van der Waals surface area contributed by atoms with Crippen LogP contribution in [0.4, 0.5) is 5.69 Å². The van der Waals surface area contributed by atoms with Crippen molar-refractivity contribution in [3.8, 4) is 5.75 Å². The summed E-state index contributed by atoms with van der Waals surface area (Å²) in [5, 5.41) is 9.35. The Balaban J connectivity index is 1.47. The Kier molecular flexibility index (Phi) is 4.46. The van der Waals surface area contributed by atoms with E-state index in [4.69, 9.17) is 0 Å². The molecule has 1 aliphatic carbocycles. The van der Waals surface area contributed by atoms with Crippen molar-refractivity contribution in [3.05, 3.63) is 24.3 Å². The van der Waals surface area contributed by atoms with Crippen LogP contribution in [-0.4, -0.2) is 42.7 Å². The van der Waals surface area contributed by atoms with Gasteiger partial charge in [-0.25, -0.2) is 0 Å². The van der Waals surface area contributed by atoms with Gasteiger partial charge in [-0.15, -0.1) is 0 Å². The second kappa shape index (κ2) is 6.49. The highest BCUT2D eigenvalue weighted by atomic mass is 16.3. The van der Waals surface area contributed by atoms with Crippen molar-refractivity contribution in [2.75, 3.05) is 37.6 Å². The Morgan fingerprint density at radius 2 is 1.55 bits per heavy atom. The van der Waals surface area contributed by atoms with Crippen molar-refractivity contribution in [2.24, 2.45) is 5.92 Å². The highest BCUT2D eigenvalue weighted by Gasteiger charge is 2.21. The maximum atomic E-state index is 9.35. The number of rotatable bonds is 3. The first-order valence-corrected chi connectivity index (χ1v) is 8.07. The number of aromatic hydroxyl groups is 1. The van der Waals surface area contributed by atoms with Gasteiger partial charge in [-0.1, -0.05) is 19.3 Å². The summed E-state index contributed by atoms with van der Waals surface area (Å²) in [5.41, 5.74) is 1.24. The van der Waals surface area contributed by atoms with Crippen molar-refractivity contribution < 1.29 is 5.11 Å². The molecule has 1 saturated carbocycles. The van der Waals surface area contributed by atoms with E-state index in [0.29, 0.717) is 5.75 Å². The predicted molar refractivity (Wildman–Crippen MR) is 83.3 cm³/mol. The topological polar surface area (TPSA) is 26.7 Å². The normalized spacial score (nSPS) is 22.1. The van der Waals surface area contributed by atoms with Crippen molar-refractivity contribution in [1.82, 2.24) is 4.90 Å². The van der Waals surface area contributed by atoms with E-state index >= 15 is 0 Å². The van der Waals surface area contributed by atoms with Crippen LogP contribution in [0.1, 0.15) is 32.1 Å². The number of hydrogen-bond acceptors (Lipinski definition) is 3. The number of phenols is 1. The summed E-state index contributed by atoms with van der Waals surface area (Å²) in [5.74, 6) is 1.30. The fraction of sp³-hybridized carbons (Fsp3) is 0.647. The molecule has 1 aliphatic heterocycles. The van der Waals surface area contributed by atoms with Crippen molar-refractivity contribution in [1.29, 1.82) is 0 Å². The Morgan fingerprint density at radius 1 is 0.900 bits per heavy atom. The molecule has 3 rings (SSSR count). The molecule has 1 N–H and O–H groups in total. The van der Waals surface area contributed by atoms with Crippen molar-refractivity contribution >= 4 is 5.69 Å².